The van der Waals surface area contributed by atoms with E-state index in [9.17, 15) is 0 Å². The van der Waals surface area contributed by atoms with E-state index >= 15 is 0 Å². The van der Waals surface area contributed by atoms with Crippen LogP contribution in [-0.4, -0.2) is 6.54 Å². The second-order valence-electron chi connectivity index (χ2n) is 5.25. The van der Waals surface area contributed by atoms with E-state index in [-0.39, 0.29) is 0 Å². The van der Waals surface area contributed by atoms with Crippen LogP contribution in [0.1, 0.15) is 57.2 Å². The van der Waals surface area contributed by atoms with Crippen LogP contribution in [0.4, 0.5) is 0 Å². The lowest BCUT2D eigenvalue weighted by atomic mass is 9.92. The molecule has 1 aromatic carbocycles. The van der Waals surface area contributed by atoms with Crippen molar-refractivity contribution in [2.24, 2.45) is 5.92 Å². The summed E-state index contributed by atoms with van der Waals surface area (Å²) in [5, 5.41) is 4.45. The topological polar surface area (TPSA) is 12.0 Å². The van der Waals surface area contributed by atoms with Gasteiger partial charge < -0.3 is 5.32 Å². The molecule has 0 spiro atoms. The van der Waals surface area contributed by atoms with E-state index in [1.165, 1.54) is 30.4 Å². The van der Waals surface area contributed by atoms with Crippen LogP contribution in [0.2, 0.25) is 5.02 Å². The van der Waals surface area contributed by atoms with Gasteiger partial charge in [-0.3, -0.25) is 0 Å². The number of benzene rings is 1. The fraction of sp³-hybridized carbons (Fsp3) is 0.625. The van der Waals surface area contributed by atoms with Crippen LogP contribution in [0.3, 0.4) is 0 Å². The van der Waals surface area contributed by atoms with Crippen molar-refractivity contribution in [1.29, 1.82) is 0 Å². The third kappa shape index (κ3) is 4.62. The first-order chi connectivity index (χ1) is 8.58. The minimum Gasteiger partial charge on any atom is -0.310 e. The van der Waals surface area contributed by atoms with Crippen molar-refractivity contribution in [3.8, 4) is 0 Å². The summed E-state index contributed by atoms with van der Waals surface area (Å²) < 4.78 is 0. The molecule has 0 amide bonds. The lowest BCUT2D eigenvalue weighted by Gasteiger charge is -2.22. The predicted molar refractivity (Wildman–Crippen MR) is 81.3 cm³/mol. The third-order valence-electron chi connectivity index (χ3n) is 3.45. The van der Waals surface area contributed by atoms with Crippen molar-refractivity contribution in [3.05, 3.63) is 34.3 Å². The summed E-state index contributed by atoms with van der Waals surface area (Å²) in [5.74, 6) is 0.759. The molecule has 102 valence electrons. The van der Waals surface area contributed by atoms with Gasteiger partial charge in [0.1, 0.15) is 0 Å². The Balaban J connectivity index is 2.79. The fourth-order valence-corrected chi connectivity index (χ4v) is 2.60. The lowest BCUT2D eigenvalue weighted by Crippen LogP contribution is -2.23. The fourth-order valence-electron chi connectivity index (χ4n) is 2.48. The molecule has 1 N–H and O–H groups in total. The Morgan fingerprint density at radius 1 is 1.28 bits per heavy atom. The number of aryl methyl sites for hydroxylation is 1. The van der Waals surface area contributed by atoms with Gasteiger partial charge in [-0.2, -0.15) is 0 Å². The van der Waals surface area contributed by atoms with Gasteiger partial charge in [-0.15, -0.1) is 0 Å². The second-order valence-corrected chi connectivity index (χ2v) is 5.66. The first-order valence-corrected chi connectivity index (χ1v) is 7.45. The Bertz CT molecular complexity index is 362. The Labute approximate surface area is 117 Å². The van der Waals surface area contributed by atoms with Gasteiger partial charge >= 0.3 is 0 Å². The summed E-state index contributed by atoms with van der Waals surface area (Å²) in [4.78, 5) is 0. The highest BCUT2D eigenvalue weighted by molar-refractivity contribution is 6.31. The normalized spacial score (nSPS) is 14.5. The molecule has 0 radical (unpaired) electrons. The molecule has 0 aliphatic carbocycles. The number of halogens is 1. The number of rotatable bonds is 7. The summed E-state index contributed by atoms with van der Waals surface area (Å²) in [7, 11) is 0. The molecule has 1 nitrogen and oxygen atoms in total. The van der Waals surface area contributed by atoms with E-state index < -0.39 is 0 Å². The standard InChI is InChI=1S/C16H26ClN/c1-5-7-12(3)10-16(18-6-2)14-8-9-15(17)13(4)11-14/h8-9,11-12,16,18H,5-7,10H2,1-4H3. The molecule has 2 heteroatoms. The maximum atomic E-state index is 6.10. The van der Waals surface area contributed by atoms with Crippen LogP contribution >= 0.6 is 11.6 Å². The van der Waals surface area contributed by atoms with E-state index in [0.717, 1.165) is 17.5 Å². The maximum Gasteiger partial charge on any atom is 0.0435 e. The zero-order valence-electron chi connectivity index (χ0n) is 12.1. The highest BCUT2D eigenvalue weighted by Gasteiger charge is 2.14. The zero-order valence-corrected chi connectivity index (χ0v) is 12.8. The number of hydrogen-bond donors (Lipinski definition) is 1. The molecule has 1 aromatic rings. The highest BCUT2D eigenvalue weighted by atomic mass is 35.5. The number of hydrogen-bond acceptors (Lipinski definition) is 1. The molecule has 2 unspecified atom stereocenters. The van der Waals surface area contributed by atoms with Crippen LogP contribution < -0.4 is 5.32 Å². The number of nitrogens with one attached hydrogen (secondary N) is 1. The van der Waals surface area contributed by atoms with Crippen molar-refractivity contribution in [2.45, 2.75) is 53.0 Å². The predicted octanol–water partition coefficient (Wildman–Crippen LogP) is 5.13. The van der Waals surface area contributed by atoms with E-state index in [4.69, 9.17) is 11.6 Å². The summed E-state index contributed by atoms with van der Waals surface area (Å²) in [6.07, 6.45) is 3.76. The Hall–Kier alpha value is -0.530. The molecule has 2 atom stereocenters. The first-order valence-electron chi connectivity index (χ1n) is 7.07. The van der Waals surface area contributed by atoms with E-state index in [1.807, 2.05) is 6.07 Å². The average Bonchev–Trinajstić information content (AvgIpc) is 2.32. The molecule has 0 aliphatic rings. The summed E-state index contributed by atoms with van der Waals surface area (Å²) in [6.45, 7) is 9.84. The van der Waals surface area contributed by atoms with E-state index in [2.05, 4.69) is 45.1 Å². The summed E-state index contributed by atoms with van der Waals surface area (Å²) in [5.41, 5.74) is 2.53. The second kappa shape index (κ2) is 7.81. The molecule has 0 aliphatic heterocycles. The minimum atomic E-state index is 0.451. The van der Waals surface area contributed by atoms with Gasteiger partial charge in [0.25, 0.3) is 0 Å². The van der Waals surface area contributed by atoms with Gasteiger partial charge in [-0.05, 0) is 43.0 Å². The quantitative estimate of drug-likeness (QED) is 0.723. The molecule has 1 rings (SSSR count). The largest absolute Gasteiger partial charge is 0.310 e. The molecule has 0 heterocycles. The monoisotopic (exact) mass is 267 g/mol. The Kier molecular flexibility index (Phi) is 6.73. The van der Waals surface area contributed by atoms with Crippen molar-refractivity contribution in [2.75, 3.05) is 6.54 Å². The molecule has 0 saturated carbocycles. The molecule has 0 bridgehead atoms. The van der Waals surface area contributed by atoms with E-state index in [1.54, 1.807) is 0 Å². The molecule has 0 aromatic heterocycles. The maximum absolute atomic E-state index is 6.10. The van der Waals surface area contributed by atoms with Crippen LogP contribution in [0.5, 0.6) is 0 Å². The lowest BCUT2D eigenvalue weighted by molar-refractivity contribution is 0.395. The van der Waals surface area contributed by atoms with Gasteiger partial charge in [-0.25, -0.2) is 0 Å². The van der Waals surface area contributed by atoms with Crippen LogP contribution in [-0.2, 0) is 0 Å². The zero-order chi connectivity index (χ0) is 13.5. The Morgan fingerprint density at radius 2 is 2.00 bits per heavy atom. The van der Waals surface area contributed by atoms with Crippen LogP contribution in [0.15, 0.2) is 18.2 Å². The smallest absolute Gasteiger partial charge is 0.0435 e. The van der Waals surface area contributed by atoms with Gasteiger partial charge in [0, 0.05) is 11.1 Å². The first kappa shape index (κ1) is 15.5. The molecule has 0 fully saturated rings. The minimum absolute atomic E-state index is 0.451. The van der Waals surface area contributed by atoms with Crippen molar-refractivity contribution < 1.29 is 0 Å². The van der Waals surface area contributed by atoms with Crippen molar-refractivity contribution >= 4 is 11.6 Å². The van der Waals surface area contributed by atoms with Gasteiger partial charge in [0.2, 0.25) is 0 Å². The SMILES string of the molecule is CCCC(C)CC(NCC)c1ccc(Cl)c(C)c1. The van der Waals surface area contributed by atoms with Gasteiger partial charge in [0.15, 0.2) is 0 Å². The van der Waals surface area contributed by atoms with Gasteiger partial charge in [0.05, 0.1) is 0 Å². The summed E-state index contributed by atoms with van der Waals surface area (Å²) in [6, 6.07) is 6.84. The average molecular weight is 268 g/mol. The molecular weight excluding hydrogens is 242 g/mol. The Morgan fingerprint density at radius 3 is 2.56 bits per heavy atom. The third-order valence-corrected chi connectivity index (χ3v) is 3.88. The van der Waals surface area contributed by atoms with Crippen LogP contribution in [0, 0.1) is 12.8 Å². The van der Waals surface area contributed by atoms with Crippen molar-refractivity contribution in [3.63, 3.8) is 0 Å². The molecular formula is C16H26ClN. The molecule has 0 saturated heterocycles. The highest BCUT2D eigenvalue weighted by Crippen LogP contribution is 2.26. The van der Waals surface area contributed by atoms with Crippen LogP contribution in [0.25, 0.3) is 0 Å². The van der Waals surface area contributed by atoms with Crippen molar-refractivity contribution in [1.82, 2.24) is 5.32 Å². The van der Waals surface area contributed by atoms with E-state index in [0.29, 0.717) is 6.04 Å². The summed E-state index contributed by atoms with van der Waals surface area (Å²) >= 11 is 6.10. The van der Waals surface area contributed by atoms with Gasteiger partial charge in [-0.1, -0.05) is 57.3 Å². The molecule has 18 heavy (non-hydrogen) atoms.